The van der Waals surface area contributed by atoms with E-state index < -0.39 is 9.84 Å². The summed E-state index contributed by atoms with van der Waals surface area (Å²) in [6.07, 6.45) is 1.70. The average molecular weight is 412 g/mol. The average Bonchev–Trinajstić information content (AvgIpc) is 2.50. The lowest BCUT2D eigenvalue weighted by atomic mass is 9.98. The van der Waals surface area contributed by atoms with Crippen LogP contribution in [-0.4, -0.2) is 32.0 Å². The van der Waals surface area contributed by atoms with Gasteiger partial charge in [0.25, 0.3) is 0 Å². The van der Waals surface area contributed by atoms with Gasteiger partial charge in [0.15, 0.2) is 0 Å². The van der Waals surface area contributed by atoms with Gasteiger partial charge in [0, 0.05) is 28.9 Å². The van der Waals surface area contributed by atoms with Crippen LogP contribution in [0.3, 0.4) is 0 Å². The van der Waals surface area contributed by atoms with Crippen molar-refractivity contribution >= 4 is 25.8 Å². The SMILES string of the molecule is Cc1cc(OCCCS(C)(=O)=O)nc(C)c1-c1cccc(CBr)c1. The van der Waals surface area contributed by atoms with Crippen LogP contribution in [0.4, 0.5) is 0 Å². The number of aryl methyl sites for hydroxylation is 2. The second-order valence-electron chi connectivity index (χ2n) is 5.90. The number of ether oxygens (including phenoxy) is 1. The Morgan fingerprint density at radius 3 is 2.58 bits per heavy atom. The molecule has 0 saturated carbocycles. The predicted molar refractivity (Wildman–Crippen MR) is 102 cm³/mol. The summed E-state index contributed by atoms with van der Waals surface area (Å²) < 4.78 is 27.9. The van der Waals surface area contributed by atoms with Gasteiger partial charge in [0.05, 0.1) is 12.4 Å². The van der Waals surface area contributed by atoms with Crippen LogP contribution >= 0.6 is 15.9 Å². The molecule has 2 aromatic rings. The molecule has 0 fully saturated rings. The van der Waals surface area contributed by atoms with Crippen LogP contribution in [0.15, 0.2) is 30.3 Å². The molecular formula is C18H22BrNO3S. The molecule has 4 nitrogen and oxygen atoms in total. The van der Waals surface area contributed by atoms with E-state index in [0.29, 0.717) is 18.9 Å². The molecule has 0 aliphatic rings. The lowest BCUT2D eigenvalue weighted by molar-refractivity contribution is 0.305. The van der Waals surface area contributed by atoms with Crippen molar-refractivity contribution in [2.45, 2.75) is 25.6 Å². The number of sulfone groups is 1. The van der Waals surface area contributed by atoms with Gasteiger partial charge in [-0.15, -0.1) is 0 Å². The van der Waals surface area contributed by atoms with Crippen molar-refractivity contribution in [1.82, 2.24) is 4.98 Å². The third-order valence-corrected chi connectivity index (χ3v) is 5.33. The molecule has 0 saturated heterocycles. The van der Waals surface area contributed by atoms with Gasteiger partial charge in [-0.2, -0.15) is 0 Å². The number of rotatable bonds is 7. The van der Waals surface area contributed by atoms with Crippen molar-refractivity contribution in [3.05, 3.63) is 47.2 Å². The Labute approximate surface area is 152 Å². The molecule has 0 N–H and O–H groups in total. The maximum atomic E-state index is 11.1. The minimum atomic E-state index is -2.95. The molecule has 0 bridgehead atoms. The van der Waals surface area contributed by atoms with E-state index in [-0.39, 0.29) is 5.75 Å². The lowest BCUT2D eigenvalue weighted by Gasteiger charge is -2.13. The van der Waals surface area contributed by atoms with E-state index in [1.54, 1.807) is 0 Å². The third kappa shape index (κ3) is 5.31. The topological polar surface area (TPSA) is 56.3 Å². The number of nitrogens with zero attached hydrogens (tertiary/aromatic N) is 1. The summed E-state index contributed by atoms with van der Waals surface area (Å²) in [7, 11) is -2.95. The molecular weight excluding hydrogens is 390 g/mol. The Morgan fingerprint density at radius 1 is 1.21 bits per heavy atom. The van der Waals surface area contributed by atoms with E-state index in [1.807, 2.05) is 26.0 Å². The van der Waals surface area contributed by atoms with Gasteiger partial charge in [-0.05, 0) is 37.0 Å². The molecule has 0 spiro atoms. The van der Waals surface area contributed by atoms with Crippen LogP contribution in [-0.2, 0) is 15.2 Å². The van der Waals surface area contributed by atoms with Crippen LogP contribution in [0.25, 0.3) is 11.1 Å². The predicted octanol–water partition coefficient (Wildman–Crippen LogP) is 4.07. The summed E-state index contributed by atoms with van der Waals surface area (Å²) in [6.45, 7) is 4.35. The number of alkyl halides is 1. The van der Waals surface area contributed by atoms with Crippen LogP contribution in [0.2, 0.25) is 0 Å². The lowest BCUT2D eigenvalue weighted by Crippen LogP contribution is -2.09. The fourth-order valence-corrected chi connectivity index (χ4v) is 3.61. The van der Waals surface area contributed by atoms with Crippen LogP contribution in [0.5, 0.6) is 5.88 Å². The zero-order valence-electron chi connectivity index (χ0n) is 14.2. The molecule has 24 heavy (non-hydrogen) atoms. The van der Waals surface area contributed by atoms with E-state index >= 15 is 0 Å². The maximum Gasteiger partial charge on any atom is 0.213 e. The Bertz CT molecular complexity index is 796. The Kier molecular flexibility index (Phi) is 6.40. The molecule has 130 valence electrons. The van der Waals surface area contributed by atoms with Crippen molar-refractivity contribution in [3.63, 3.8) is 0 Å². The first-order valence-electron chi connectivity index (χ1n) is 7.74. The van der Waals surface area contributed by atoms with Gasteiger partial charge in [-0.1, -0.05) is 40.2 Å². The molecule has 0 aliphatic heterocycles. The van der Waals surface area contributed by atoms with Crippen molar-refractivity contribution < 1.29 is 13.2 Å². The minimum Gasteiger partial charge on any atom is -0.478 e. The Balaban J connectivity index is 2.16. The van der Waals surface area contributed by atoms with Gasteiger partial charge in [0.1, 0.15) is 9.84 Å². The summed E-state index contributed by atoms with van der Waals surface area (Å²) in [5.74, 6) is 0.668. The number of hydrogen-bond donors (Lipinski definition) is 0. The molecule has 1 heterocycles. The Hall–Kier alpha value is -1.40. The number of benzene rings is 1. The highest BCUT2D eigenvalue weighted by Gasteiger charge is 2.11. The standard InChI is InChI=1S/C18H22BrNO3S/c1-13-10-17(23-8-5-9-24(3,21)22)20-14(2)18(13)16-7-4-6-15(11-16)12-19/h4,6-7,10-11H,5,8-9,12H2,1-3H3. The Morgan fingerprint density at radius 2 is 1.96 bits per heavy atom. The highest BCUT2D eigenvalue weighted by Crippen LogP contribution is 2.29. The van der Waals surface area contributed by atoms with E-state index in [2.05, 4.69) is 39.1 Å². The fourth-order valence-electron chi connectivity index (χ4n) is 2.61. The largest absolute Gasteiger partial charge is 0.478 e. The minimum absolute atomic E-state index is 0.127. The van der Waals surface area contributed by atoms with Crippen molar-refractivity contribution in [3.8, 4) is 17.0 Å². The van der Waals surface area contributed by atoms with Gasteiger partial charge < -0.3 is 4.74 Å². The quantitative estimate of drug-likeness (QED) is 0.508. The molecule has 0 aliphatic carbocycles. The first-order chi connectivity index (χ1) is 11.3. The van der Waals surface area contributed by atoms with E-state index in [1.165, 1.54) is 11.8 Å². The van der Waals surface area contributed by atoms with Crippen LogP contribution < -0.4 is 4.74 Å². The zero-order valence-corrected chi connectivity index (χ0v) is 16.6. The smallest absolute Gasteiger partial charge is 0.213 e. The maximum absolute atomic E-state index is 11.1. The summed E-state index contributed by atoms with van der Waals surface area (Å²) in [5.41, 5.74) is 5.46. The van der Waals surface area contributed by atoms with E-state index in [4.69, 9.17) is 4.74 Å². The number of pyridine rings is 1. The highest BCUT2D eigenvalue weighted by molar-refractivity contribution is 9.08. The van der Waals surface area contributed by atoms with Gasteiger partial charge >= 0.3 is 0 Å². The normalized spacial score (nSPS) is 11.5. The van der Waals surface area contributed by atoms with Gasteiger partial charge in [-0.3, -0.25) is 0 Å². The van der Waals surface area contributed by atoms with E-state index in [0.717, 1.165) is 27.7 Å². The second-order valence-corrected chi connectivity index (χ2v) is 8.72. The number of aromatic nitrogens is 1. The van der Waals surface area contributed by atoms with Crippen LogP contribution in [0.1, 0.15) is 23.2 Å². The summed E-state index contributed by atoms with van der Waals surface area (Å²) in [6, 6.07) is 10.3. The molecule has 0 atom stereocenters. The number of halogens is 1. The third-order valence-electron chi connectivity index (χ3n) is 3.65. The zero-order chi connectivity index (χ0) is 17.7. The summed E-state index contributed by atoms with van der Waals surface area (Å²) in [4.78, 5) is 4.52. The molecule has 0 amide bonds. The second kappa shape index (κ2) is 8.12. The number of hydrogen-bond acceptors (Lipinski definition) is 4. The molecule has 1 aromatic heterocycles. The first-order valence-corrected chi connectivity index (χ1v) is 10.9. The first kappa shape index (κ1) is 18.9. The van der Waals surface area contributed by atoms with Crippen molar-refractivity contribution in [2.24, 2.45) is 0 Å². The summed E-state index contributed by atoms with van der Waals surface area (Å²) >= 11 is 3.48. The van der Waals surface area contributed by atoms with Gasteiger partial charge in [-0.25, -0.2) is 13.4 Å². The summed E-state index contributed by atoms with van der Waals surface area (Å²) in [5, 5.41) is 0.813. The van der Waals surface area contributed by atoms with Crippen LogP contribution in [0, 0.1) is 13.8 Å². The molecule has 0 radical (unpaired) electrons. The monoisotopic (exact) mass is 411 g/mol. The molecule has 6 heteroatoms. The molecule has 2 rings (SSSR count). The van der Waals surface area contributed by atoms with E-state index in [9.17, 15) is 8.42 Å². The highest BCUT2D eigenvalue weighted by atomic mass is 79.9. The molecule has 1 aromatic carbocycles. The van der Waals surface area contributed by atoms with Crippen molar-refractivity contribution in [1.29, 1.82) is 0 Å². The molecule has 0 unspecified atom stereocenters. The van der Waals surface area contributed by atoms with Crippen molar-refractivity contribution in [2.75, 3.05) is 18.6 Å². The van der Waals surface area contributed by atoms with Gasteiger partial charge in [0.2, 0.25) is 5.88 Å². The fraction of sp³-hybridized carbons (Fsp3) is 0.389.